The number of hydrogen-bond acceptors (Lipinski definition) is 0. The summed E-state index contributed by atoms with van der Waals surface area (Å²) in [6.45, 7) is 17.4. The highest BCUT2D eigenvalue weighted by Crippen LogP contribution is 2.36. The van der Waals surface area contributed by atoms with E-state index in [1.54, 1.807) is 0 Å². The van der Waals surface area contributed by atoms with Gasteiger partial charge in [0.15, 0.2) is 0 Å². The van der Waals surface area contributed by atoms with Crippen molar-refractivity contribution in [2.45, 2.75) is 72.6 Å². The summed E-state index contributed by atoms with van der Waals surface area (Å²) in [6.07, 6.45) is 13.9. The molecule has 0 radical (unpaired) electrons. The van der Waals surface area contributed by atoms with Crippen LogP contribution in [0.4, 0.5) is 0 Å². The minimum Gasteiger partial charge on any atom is -0.0961 e. The van der Waals surface area contributed by atoms with E-state index in [0.717, 1.165) is 23.3 Å². The summed E-state index contributed by atoms with van der Waals surface area (Å²) in [5, 5.41) is 0. The molecule has 120 valence electrons. The fourth-order valence-corrected chi connectivity index (χ4v) is 3.59. The van der Waals surface area contributed by atoms with Crippen LogP contribution in [-0.2, 0) is 0 Å². The molecule has 0 heteroatoms. The van der Waals surface area contributed by atoms with Crippen molar-refractivity contribution in [3.05, 3.63) is 36.5 Å². The van der Waals surface area contributed by atoms with E-state index in [-0.39, 0.29) is 0 Å². The quantitative estimate of drug-likeness (QED) is 0.424. The van der Waals surface area contributed by atoms with Crippen LogP contribution in [0.15, 0.2) is 36.5 Å². The Balaban J connectivity index is 2.40. The van der Waals surface area contributed by atoms with E-state index in [0.29, 0.717) is 5.92 Å². The van der Waals surface area contributed by atoms with Crippen LogP contribution in [-0.4, -0.2) is 0 Å². The van der Waals surface area contributed by atoms with Crippen LogP contribution in [0.2, 0.25) is 0 Å². The number of hydrogen-bond donors (Lipinski definition) is 0. The SMILES string of the molecule is C=C(C)/C=C\C(=C)C(CC)CCC(C)C1CCC(C)CC1. The van der Waals surface area contributed by atoms with E-state index >= 15 is 0 Å². The Labute approximate surface area is 133 Å². The molecule has 0 bridgehead atoms. The van der Waals surface area contributed by atoms with E-state index in [1.165, 1.54) is 50.5 Å². The second-order valence-corrected chi connectivity index (χ2v) is 7.43. The molecule has 1 aliphatic rings. The summed E-state index contributed by atoms with van der Waals surface area (Å²) < 4.78 is 0. The van der Waals surface area contributed by atoms with Crippen LogP contribution < -0.4 is 0 Å². The lowest BCUT2D eigenvalue weighted by atomic mass is 9.74. The van der Waals surface area contributed by atoms with Gasteiger partial charge in [-0.25, -0.2) is 0 Å². The Morgan fingerprint density at radius 1 is 1.10 bits per heavy atom. The average Bonchev–Trinajstić information content (AvgIpc) is 2.46. The third-order valence-electron chi connectivity index (χ3n) is 5.43. The van der Waals surface area contributed by atoms with E-state index < -0.39 is 0 Å². The Hall–Kier alpha value is -0.780. The zero-order valence-corrected chi connectivity index (χ0v) is 14.8. The monoisotopic (exact) mass is 288 g/mol. The molecular formula is C21H36. The van der Waals surface area contributed by atoms with E-state index in [4.69, 9.17) is 0 Å². The van der Waals surface area contributed by atoms with Crippen molar-refractivity contribution in [3.8, 4) is 0 Å². The van der Waals surface area contributed by atoms with Crippen molar-refractivity contribution in [3.63, 3.8) is 0 Å². The second-order valence-electron chi connectivity index (χ2n) is 7.43. The van der Waals surface area contributed by atoms with Crippen molar-refractivity contribution in [1.82, 2.24) is 0 Å². The molecule has 0 heterocycles. The van der Waals surface area contributed by atoms with Gasteiger partial charge >= 0.3 is 0 Å². The van der Waals surface area contributed by atoms with Gasteiger partial charge in [-0.2, -0.15) is 0 Å². The number of rotatable bonds is 8. The Morgan fingerprint density at radius 2 is 1.71 bits per heavy atom. The fourth-order valence-electron chi connectivity index (χ4n) is 3.59. The van der Waals surface area contributed by atoms with Crippen molar-refractivity contribution < 1.29 is 0 Å². The minimum atomic E-state index is 0.644. The summed E-state index contributed by atoms with van der Waals surface area (Å²) in [5.41, 5.74) is 2.39. The molecule has 0 spiro atoms. The van der Waals surface area contributed by atoms with Crippen molar-refractivity contribution in [2.24, 2.45) is 23.7 Å². The Kier molecular flexibility index (Phi) is 8.07. The topological polar surface area (TPSA) is 0 Å². The van der Waals surface area contributed by atoms with Gasteiger partial charge < -0.3 is 0 Å². The van der Waals surface area contributed by atoms with Gasteiger partial charge in [-0.1, -0.05) is 70.1 Å². The van der Waals surface area contributed by atoms with Crippen LogP contribution in [0, 0.1) is 23.7 Å². The molecule has 0 N–H and O–H groups in total. The first-order valence-electron chi connectivity index (χ1n) is 8.96. The molecule has 0 nitrogen and oxygen atoms in total. The van der Waals surface area contributed by atoms with E-state index in [1.807, 2.05) is 6.92 Å². The summed E-state index contributed by atoms with van der Waals surface area (Å²) in [4.78, 5) is 0. The molecule has 0 aromatic rings. The highest BCUT2D eigenvalue weighted by atomic mass is 14.3. The summed E-state index contributed by atoms with van der Waals surface area (Å²) in [7, 11) is 0. The molecular weight excluding hydrogens is 252 g/mol. The zero-order valence-electron chi connectivity index (χ0n) is 14.8. The fraction of sp³-hybridized carbons (Fsp3) is 0.714. The first-order chi connectivity index (χ1) is 9.93. The van der Waals surface area contributed by atoms with Gasteiger partial charge in [-0.05, 0) is 62.7 Å². The lowest BCUT2D eigenvalue weighted by molar-refractivity contribution is 0.208. The molecule has 2 atom stereocenters. The molecule has 0 amide bonds. The summed E-state index contributed by atoms with van der Waals surface area (Å²) in [5.74, 6) is 3.46. The standard InChI is InChI=1S/C21H36/c1-7-20(18(5)11-8-16(2)3)15-12-19(6)21-13-9-17(4)10-14-21/h8,11,17,19-21H,2,5,7,9-10,12-15H2,1,3-4,6H3/b11-8-. The largest absolute Gasteiger partial charge is 0.0961 e. The summed E-state index contributed by atoms with van der Waals surface area (Å²) >= 11 is 0. The molecule has 21 heavy (non-hydrogen) atoms. The maximum absolute atomic E-state index is 4.27. The molecule has 1 saturated carbocycles. The van der Waals surface area contributed by atoms with Gasteiger partial charge in [0.25, 0.3) is 0 Å². The van der Waals surface area contributed by atoms with Crippen molar-refractivity contribution in [1.29, 1.82) is 0 Å². The van der Waals surface area contributed by atoms with Crippen LogP contribution >= 0.6 is 0 Å². The van der Waals surface area contributed by atoms with Gasteiger partial charge in [0.1, 0.15) is 0 Å². The van der Waals surface area contributed by atoms with Crippen LogP contribution in [0.25, 0.3) is 0 Å². The molecule has 0 aromatic carbocycles. The minimum absolute atomic E-state index is 0.644. The third-order valence-corrected chi connectivity index (χ3v) is 5.43. The maximum Gasteiger partial charge on any atom is -0.0170 e. The molecule has 0 saturated heterocycles. The second kappa shape index (κ2) is 9.28. The lowest BCUT2D eigenvalue weighted by Gasteiger charge is -2.31. The van der Waals surface area contributed by atoms with E-state index in [2.05, 4.69) is 46.1 Å². The smallest absolute Gasteiger partial charge is 0.0170 e. The van der Waals surface area contributed by atoms with Gasteiger partial charge in [-0.3, -0.25) is 0 Å². The maximum atomic E-state index is 4.27. The highest BCUT2D eigenvalue weighted by Gasteiger charge is 2.23. The Morgan fingerprint density at radius 3 is 2.24 bits per heavy atom. The predicted molar refractivity (Wildman–Crippen MR) is 96.4 cm³/mol. The first kappa shape index (κ1) is 18.3. The van der Waals surface area contributed by atoms with Gasteiger partial charge in [-0.15, -0.1) is 0 Å². The molecule has 1 aliphatic carbocycles. The zero-order chi connectivity index (χ0) is 15.8. The van der Waals surface area contributed by atoms with Crippen molar-refractivity contribution >= 4 is 0 Å². The van der Waals surface area contributed by atoms with E-state index in [9.17, 15) is 0 Å². The number of allylic oxidation sites excluding steroid dienone is 4. The third kappa shape index (κ3) is 6.68. The lowest BCUT2D eigenvalue weighted by Crippen LogP contribution is -2.19. The van der Waals surface area contributed by atoms with Crippen LogP contribution in [0.1, 0.15) is 72.6 Å². The molecule has 0 aliphatic heterocycles. The van der Waals surface area contributed by atoms with Crippen LogP contribution in [0.5, 0.6) is 0 Å². The normalized spacial score (nSPS) is 25.7. The van der Waals surface area contributed by atoms with Gasteiger partial charge in [0.2, 0.25) is 0 Å². The van der Waals surface area contributed by atoms with Gasteiger partial charge in [0, 0.05) is 0 Å². The molecule has 1 rings (SSSR count). The highest BCUT2D eigenvalue weighted by molar-refractivity contribution is 5.24. The predicted octanol–water partition coefficient (Wildman–Crippen LogP) is 6.94. The van der Waals surface area contributed by atoms with Crippen LogP contribution in [0.3, 0.4) is 0 Å². The molecule has 2 unspecified atom stereocenters. The van der Waals surface area contributed by atoms with Gasteiger partial charge in [0.05, 0.1) is 0 Å². The first-order valence-corrected chi connectivity index (χ1v) is 8.96. The molecule has 0 aromatic heterocycles. The average molecular weight is 289 g/mol. The molecule has 1 fully saturated rings. The Bertz CT molecular complexity index is 352. The van der Waals surface area contributed by atoms with Crippen molar-refractivity contribution in [2.75, 3.05) is 0 Å². The summed E-state index contributed by atoms with van der Waals surface area (Å²) in [6, 6.07) is 0.